The molecule has 0 atom stereocenters. The van der Waals surface area contributed by atoms with Gasteiger partial charge in [-0.05, 0) is 25.5 Å². The topological polar surface area (TPSA) is 175 Å². The Balaban J connectivity index is 0.000000248. The number of aryl methyl sites for hydroxylation is 1. The molecule has 4 aromatic rings. The zero-order valence-electron chi connectivity index (χ0n) is 18.4. The lowest BCUT2D eigenvalue weighted by atomic mass is 10.2. The van der Waals surface area contributed by atoms with Crippen molar-refractivity contribution in [1.29, 1.82) is 5.26 Å². The lowest BCUT2D eigenvalue weighted by molar-refractivity contribution is 0.608. The highest BCUT2D eigenvalue weighted by molar-refractivity contribution is 6.35. The summed E-state index contributed by atoms with van der Waals surface area (Å²) in [6.45, 7) is 3.61. The first-order chi connectivity index (χ1) is 16.2. The third-order valence-electron chi connectivity index (χ3n) is 4.85. The molecule has 0 unspecified atom stereocenters. The molecule has 4 rings (SSSR count). The van der Waals surface area contributed by atoms with E-state index in [9.17, 15) is 9.18 Å². The number of nitrogen functional groups attached to an aromatic ring is 3. The van der Waals surface area contributed by atoms with Gasteiger partial charge in [0.2, 0.25) is 5.95 Å². The summed E-state index contributed by atoms with van der Waals surface area (Å²) < 4.78 is 15.3. The van der Waals surface area contributed by atoms with Crippen molar-refractivity contribution in [1.82, 2.24) is 24.5 Å². The van der Waals surface area contributed by atoms with E-state index in [1.54, 1.807) is 31.2 Å². The molecule has 0 amide bonds. The Bertz CT molecular complexity index is 1460. The van der Waals surface area contributed by atoms with Crippen molar-refractivity contribution in [2.24, 2.45) is 0 Å². The van der Waals surface area contributed by atoms with E-state index in [1.807, 2.05) is 6.92 Å². The minimum atomic E-state index is -0.462. The highest BCUT2D eigenvalue weighted by Crippen LogP contribution is 2.22. The zero-order chi connectivity index (χ0) is 25.0. The Morgan fingerprint density at radius 2 is 1.82 bits per heavy atom. The fraction of sp³-hybridized carbons (Fsp3) is 0.182. The molecule has 10 nitrogen and oxygen atoms in total. The molecular formula is C22H21ClFN9O. The fourth-order valence-corrected chi connectivity index (χ4v) is 3.47. The molecule has 3 aromatic heterocycles. The van der Waals surface area contributed by atoms with E-state index in [2.05, 4.69) is 19.9 Å². The van der Waals surface area contributed by atoms with Crippen LogP contribution in [0, 0.1) is 24.1 Å². The average Bonchev–Trinajstić information content (AvgIpc) is 2.77. The highest BCUT2D eigenvalue weighted by Gasteiger charge is 2.17. The maximum Gasteiger partial charge on any atom is 0.267 e. The third-order valence-corrected chi connectivity index (χ3v) is 5.17. The summed E-state index contributed by atoms with van der Waals surface area (Å²) in [5.74, 6) is 0.105. The first-order valence-electron chi connectivity index (χ1n) is 10.1. The largest absolute Gasteiger partial charge is 0.382 e. The SMILES string of the molecule is CCCc1nc2cccc(Cl)c2c(=O)n1-c1cncc(F)c1C.N#Cc1c(N)nc(N)nc1N. The Hall–Kier alpha value is -4.30. The zero-order valence-corrected chi connectivity index (χ0v) is 19.1. The van der Waals surface area contributed by atoms with Crippen LogP contribution in [0.2, 0.25) is 5.02 Å². The van der Waals surface area contributed by atoms with Gasteiger partial charge in [0.15, 0.2) is 0 Å². The van der Waals surface area contributed by atoms with Gasteiger partial charge in [0.25, 0.3) is 5.56 Å². The molecule has 174 valence electrons. The van der Waals surface area contributed by atoms with E-state index in [1.165, 1.54) is 10.8 Å². The lowest BCUT2D eigenvalue weighted by Gasteiger charge is -2.15. The maximum absolute atomic E-state index is 13.9. The number of pyridine rings is 1. The molecule has 6 N–H and O–H groups in total. The number of aromatic nitrogens is 5. The molecular weight excluding hydrogens is 461 g/mol. The van der Waals surface area contributed by atoms with Crippen LogP contribution in [0.3, 0.4) is 0 Å². The second-order valence-electron chi connectivity index (χ2n) is 7.16. The Kier molecular flexibility index (Phi) is 7.23. The smallest absolute Gasteiger partial charge is 0.267 e. The first-order valence-corrected chi connectivity index (χ1v) is 10.5. The molecule has 1 aromatic carbocycles. The first kappa shape index (κ1) is 24.3. The number of fused-ring (bicyclic) bond motifs is 1. The monoisotopic (exact) mass is 481 g/mol. The Morgan fingerprint density at radius 1 is 1.15 bits per heavy atom. The van der Waals surface area contributed by atoms with E-state index in [4.69, 9.17) is 34.1 Å². The Morgan fingerprint density at radius 3 is 2.44 bits per heavy atom. The minimum Gasteiger partial charge on any atom is -0.382 e. The molecule has 0 bridgehead atoms. The molecule has 0 saturated heterocycles. The summed E-state index contributed by atoms with van der Waals surface area (Å²) in [4.78, 5) is 28.5. The average molecular weight is 482 g/mol. The van der Waals surface area contributed by atoms with Crippen LogP contribution in [0.5, 0.6) is 0 Å². The van der Waals surface area contributed by atoms with Gasteiger partial charge in [-0.2, -0.15) is 15.2 Å². The highest BCUT2D eigenvalue weighted by atomic mass is 35.5. The van der Waals surface area contributed by atoms with Crippen LogP contribution in [0.1, 0.15) is 30.3 Å². The maximum atomic E-state index is 13.9. The summed E-state index contributed by atoms with van der Waals surface area (Å²) in [6.07, 6.45) is 4.00. The standard InChI is InChI=1S/C17H15ClFN3O.C5H6N6/c1-3-5-15-21-13-7-4-6-11(18)16(13)17(23)22(15)14-9-20-8-12(19)10(14)2;6-1-2-3(7)10-5(9)11-4(2)8/h4,6-9H,3,5H2,1-2H3;(H6,7,8,9,10,11). The summed E-state index contributed by atoms with van der Waals surface area (Å²) in [7, 11) is 0. The van der Waals surface area contributed by atoms with E-state index >= 15 is 0 Å². The van der Waals surface area contributed by atoms with Crippen LogP contribution in [-0.2, 0) is 6.42 Å². The number of hydrogen-bond donors (Lipinski definition) is 3. The van der Waals surface area contributed by atoms with E-state index in [0.29, 0.717) is 39.4 Å². The van der Waals surface area contributed by atoms with Crippen molar-refractivity contribution in [2.75, 3.05) is 17.2 Å². The molecule has 34 heavy (non-hydrogen) atoms. The molecule has 3 heterocycles. The van der Waals surface area contributed by atoms with E-state index < -0.39 is 5.82 Å². The van der Waals surface area contributed by atoms with Gasteiger partial charge in [-0.25, -0.2) is 9.37 Å². The predicted octanol–water partition coefficient (Wildman–Crippen LogP) is 2.93. The van der Waals surface area contributed by atoms with Gasteiger partial charge < -0.3 is 17.2 Å². The predicted molar refractivity (Wildman–Crippen MR) is 129 cm³/mol. The summed E-state index contributed by atoms with van der Waals surface area (Å²) in [5.41, 5.74) is 16.8. The van der Waals surface area contributed by atoms with E-state index in [0.717, 1.165) is 12.6 Å². The van der Waals surface area contributed by atoms with Crippen molar-refractivity contribution < 1.29 is 4.39 Å². The van der Waals surface area contributed by atoms with Crippen LogP contribution >= 0.6 is 11.6 Å². The number of nitrogens with zero attached hydrogens (tertiary/aromatic N) is 6. The Labute approximate surface area is 198 Å². The fourth-order valence-electron chi connectivity index (χ4n) is 3.22. The van der Waals surface area contributed by atoms with Gasteiger partial charge in [0, 0.05) is 12.0 Å². The van der Waals surface area contributed by atoms with Crippen LogP contribution in [0.15, 0.2) is 35.4 Å². The van der Waals surface area contributed by atoms with Gasteiger partial charge in [-0.1, -0.05) is 24.6 Å². The summed E-state index contributed by atoms with van der Waals surface area (Å²) >= 11 is 6.18. The number of halogens is 2. The quantitative estimate of drug-likeness (QED) is 0.397. The number of rotatable bonds is 3. The second kappa shape index (κ2) is 10.1. The van der Waals surface area contributed by atoms with Crippen LogP contribution in [-0.4, -0.2) is 24.5 Å². The molecule has 0 fully saturated rings. The van der Waals surface area contributed by atoms with Gasteiger partial charge in [0.05, 0.1) is 34.0 Å². The van der Waals surface area contributed by atoms with Crippen molar-refractivity contribution in [3.8, 4) is 11.8 Å². The molecule has 0 aliphatic rings. The van der Waals surface area contributed by atoms with Crippen LogP contribution < -0.4 is 22.8 Å². The normalized spacial score (nSPS) is 10.4. The number of nitriles is 1. The lowest BCUT2D eigenvalue weighted by Crippen LogP contribution is -2.25. The number of hydrogen-bond acceptors (Lipinski definition) is 9. The van der Waals surface area contributed by atoms with Crippen molar-refractivity contribution in [2.45, 2.75) is 26.7 Å². The van der Waals surface area contributed by atoms with Gasteiger partial charge in [-0.3, -0.25) is 14.3 Å². The van der Waals surface area contributed by atoms with Gasteiger partial charge in [0.1, 0.15) is 34.9 Å². The molecule has 12 heteroatoms. The molecule has 0 aliphatic heterocycles. The van der Waals surface area contributed by atoms with Gasteiger partial charge in [-0.15, -0.1) is 0 Å². The molecule has 0 aliphatic carbocycles. The van der Waals surface area contributed by atoms with Gasteiger partial charge >= 0.3 is 0 Å². The van der Waals surface area contributed by atoms with Crippen LogP contribution in [0.4, 0.5) is 22.0 Å². The summed E-state index contributed by atoms with van der Waals surface area (Å²) in [5, 5.41) is 9.12. The van der Waals surface area contributed by atoms with Crippen LogP contribution in [0.25, 0.3) is 16.6 Å². The molecule has 0 saturated carbocycles. The molecule has 0 spiro atoms. The number of anilines is 3. The van der Waals surface area contributed by atoms with E-state index in [-0.39, 0.29) is 28.7 Å². The molecule has 0 radical (unpaired) electrons. The minimum absolute atomic E-state index is 0.0116. The number of nitrogens with two attached hydrogens (primary N) is 3. The summed E-state index contributed by atoms with van der Waals surface area (Å²) in [6, 6.07) is 6.92. The van der Waals surface area contributed by atoms with Crippen molar-refractivity contribution >= 4 is 40.1 Å². The van der Waals surface area contributed by atoms with Crippen molar-refractivity contribution in [3.05, 3.63) is 68.7 Å². The second-order valence-corrected chi connectivity index (χ2v) is 7.56. The third kappa shape index (κ3) is 4.72. The van der Waals surface area contributed by atoms with Crippen molar-refractivity contribution in [3.63, 3.8) is 0 Å². The number of benzene rings is 1.